The minimum atomic E-state index is -4.45. The predicted molar refractivity (Wildman–Crippen MR) is 109 cm³/mol. The highest BCUT2D eigenvalue weighted by atomic mass is 19.4. The summed E-state index contributed by atoms with van der Waals surface area (Å²) >= 11 is 0. The molecule has 0 unspecified atom stereocenters. The molecule has 9 heteroatoms. The predicted octanol–water partition coefficient (Wildman–Crippen LogP) is 3.80. The van der Waals surface area contributed by atoms with Gasteiger partial charge in [-0.15, -0.1) is 0 Å². The van der Waals surface area contributed by atoms with Gasteiger partial charge in [0.2, 0.25) is 0 Å². The van der Waals surface area contributed by atoms with Crippen molar-refractivity contribution >= 4 is 11.9 Å². The van der Waals surface area contributed by atoms with Crippen molar-refractivity contribution < 1.29 is 37.7 Å². The number of carbonyl (C=O) groups excluding carboxylic acids is 1. The van der Waals surface area contributed by atoms with Crippen molar-refractivity contribution in [2.45, 2.75) is 45.0 Å². The van der Waals surface area contributed by atoms with E-state index in [2.05, 4.69) is 5.32 Å². The molecule has 0 radical (unpaired) electrons. The van der Waals surface area contributed by atoms with Gasteiger partial charge in [0, 0.05) is 20.1 Å². The van der Waals surface area contributed by atoms with E-state index in [0.29, 0.717) is 17.7 Å². The molecule has 0 aliphatic rings. The van der Waals surface area contributed by atoms with Gasteiger partial charge in [0.25, 0.3) is 5.91 Å². The van der Waals surface area contributed by atoms with Crippen molar-refractivity contribution in [3.05, 3.63) is 65.2 Å². The Morgan fingerprint density at radius 1 is 1.00 bits per heavy atom. The number of rotatable bonds is 8. The van der Waals surface area contributed by atoms with Gasteiger partial charge in [0.15, 0.2) is 5.60 Å². The molecule has 31 heavy (non-hydrogen) atoms. The number of aliphatic carboxylic acids is 1. The number of carboxylic acid groups (broad SMARTS) is 1. The summed E-state index contributed by atoms with van der Waals surface area (Å²) in [5.74, 6) is -0.947. The quantitative estimate of drug-likeness (QED) is 0.579. The first-order valence-corrected chi connectivity index (χ1v) is 9.36. The highest BCUT2D eigenvalue weighted by Crippen LogP contribution is 2.29. The zero-order chi connectivity index (χ0) is 23.7. The van der Waals surface area contributed by atoms with E-state index < -0.39 is 29.2 Å². The van der Waals surface area contributed by atoms with Crippen LogP contribution in [-0.4, -0.2) is 34.8 Å². The molecule has 0 bridgehead atoms. The van der Waals surface area contributed by atoms with Gasteiger partial charge in [0.05, 0.1) is 5.56 Å². The second-order valence-electron chi connectivity index (χ2n) is 7.03. The molecule has 0 aliphatic carbocycles. The molecule has 0 spiro atoms. The lowest BCUT2D eigenvalue weighted by Gasteiger charge is -2.25. The Bertz CT molecular complexity index is 864. The lowest BCUT2D eigenvalue weighted by atomic mass is 10.1. The van der Waals surface area contributed by atoms with Crippen LogP contribution in [-0.2, 0) is 28.7 Å². The number of amides is 1. The maximum absolute atomic E-state index is 12.8. The van der Waals surface area contributed by atoms with E-state index in [0.717, 1.165) is 24.8 Å². The highest BCUT2D eigenvalue weighted by molar-refractivity contribution is 5.84. The number of halogens is 3. The zero-order valence-electron chi connectivity index (χ0n) is 17.5. The summed E-state index contributed by atoms with van der Waals surface area (Å²) in [6.07, 6.45) is -4.04. The number of ether oxygens (including phenoxy) is 1. The smallest absolute Gasteiger partial charge is 0.416 e. The van der Waals surface area contributed by atoms with Gasteiger partial charge >= 0.3 is 12.1 Å². The van der Waals surface area contributed by atoms with Crippen LogP contribution in [0.4, 0.5) is 13.2 Å². The molecule has 1 amide bonds. The van der Waals surface area contributed by atoms with Crippen LogP contribution < -0.4 is 10.1 Å². The highest BCUT2D eigenvalue weighted by Gasteiger charge is 2.31. The van der Waals surface area contributed by atoms with Crippen LogP contribution >= 0.6 is 0 Å². The summed E-state index contributed by atoms with van der Waals surface area (Å²) in [6, 6.07) is 11.5. The van der Waals surface area contributed by atoms with Crippen LogP contribution in [0.5, 0.6) is 5.75 Å². The molecule has 0 aromatic heterocycles. The Hall–Kier alpha value is -3.07. The van der Waals surface area contributed by atoms with Crippen LogP contribution in [0.25, 0.3) is 0 Å². The molecule has 3 N–H and O–H groups in total. The van der Waals surface area contributed by atoms with Crippen molar-refractivity contribution in [1.82, 2.24) is 5.32 Å². The van der Waals surface area contributed by atoms with Crippen molar-refractivity contribution in [3.8, 4) is 5.75 Å². The van der Waals surface area contributed by atoms with Gasteiger partial charge in [-0.3, -0.25) is 9.59 Å². The largest absolute Gasteiger partial charge is 0.481 e. The second-order valence-corrected chi connectivity index (χ2v) is 7.03. The van der Waals surface area contributed by atoms with E-state index in [9.17, 15) is 22.8 Å². The molecule has 0 heterocycles. The number of aliphatic hydroxyl groups is 1. The van der Waals surface area contributed by atoms with Gasteiger partial charge in [-0.05, 0) is 55.7 Å². The summed E-state index contributed by atoms with van der Waals surface area (Å²) in [5, 5.41) is 18.3. The third-order valence-electron chi connectivity index (χ3n) is 4.18. The molecule has 170 valence electrons. The van der Waals surface area contributed by atoms with E-state index in [-0.39, 0.29) is 13.0 Å². The molecule has 2 rings (SSSR count). The summed E-state index contributed by atoms with van der Waals surface area (Å²) in [5.41, 5.74) is -0.884. The SMILES string of the molecule is CC(C)(Oc1ccc(CCC(=O)O)cc1)C(=O)NCc1cccc(C(F)(F)F)c1.CO. The molecule has 0 aliphatic heterocycles. The molecule has 0 fully saturated rings. The van der Waals surface area contributed by atoms with Gasteiger partial charge in [-0.25, -0.2) is 0 Å². The normalized spacial score (nSPS) is 11.2. The van der Waals surface area contributed by atoms with Gasteiger partial charge in [-0.1, -0.05) is 24.3 Å². The Labute approximate surface area is 178 Å². The average molecular weight is 441 g/mol. The maximum atomic E-state index is 12.8. The van der Waals surface area contributed by atoms with Gasteiger partial charge in [-0.2, -0.15) is 13.2 Å². The molecule has 6 nitrogen and oxygen atoms in total. The van der Waals surface area contributed by atoms with Crippen molar-refractivity contribution in [3.63, 3.8) is 0 Å². The molecule has 2 aromatic carbocycles. The summed E-state index contributed by atoms with van der Waals surface area (Å²) in [6.45, 7) is 3.03. The Morgan fingerprint density at radius 3 is 2.16 bits per heavy atom. The number of hydrogen-bond donors (Lipinski definition) is 3. The first kappa shape index (κ1) is 26.0. The van der Waals surface area contributed by atoms with Gasteiger partial charge < -0.3 is 20.3 Å². The first-order chi connectivity index (χ1) is 14.5. The number of nitrogens with one attached hydrogen (secondary N) is 1. The fourth-order valence-corrected chi connectivity index (χ4v) is 2.57. The van der Waals surface area contributed by atoms with Crippen LogP contribution in [0.15, 0.2) is 48.5 Å². The number of aryl methyl sites for hydroxylation is 1. The van der Waals surface area contributed by atoms with Crippen molar-refractivity contribution in [2.24, 2.45) is 0 Å². The summed E-state index contributed by atoms with van der Waals surface area (Å²) < 4.78 is 44.0. The molecular formula is C22H26F3NO5. The third kappa shape index (κ3) is 8.67. The van der Waals surface area contributed by atoms with Crippen molar-refractivity contribution in [1.29, 1.82) is 0 Å². The lowest BCUT2D eigenvalue weighted by molar-refractivity contribution is -0.138. The Kier molecular flexibility index (Phi) is 9.51. The topological polar surface area (TPSA) is 95.9 Å². The zero-order valence-corrected chi connectivity index (χ0v) is 17.5. The Balaban J connectivity index is 0.00000233. The maximum Gasteiger partial charge on any atom is 0.416 e. The number of aliphatic hydroxyl groups excluding tert-OH is 1. The fraction of sp³-hybridized carbons (Fsp3) is 0.364. The monoisotopic (exact) mass is 441 g/mol. The molecule has 0 saturated carbocycles. The van der Waals surface area contributed by atoms with E-state index in [1.807, 2.05) is 0 Å². The van der Waals surface area contributed by atoms with E-state index in [1.165, 1.54) is 12.1 Å². The minimum Gasteiger partial charge on any atom is -0.481 e. The van der Waals surface area contributed by atoms with E-state index in [4.69, 9.17) is 14.9 Å². The summed E-state index contributed by atoms with van der Waals surface area (Å²) in [4.78, 5) is 23.1. The fourth-order valence-electron chi connectivity index (χ4n) is 2.57. The number of benzene rings is 2. The number of hydrogen-bond acceptors (Lipinski definition) is 4. The minimum absolute atomic E-state index is 0.0175. The number of alkyl halides is 3. The first-order valence-electron chi connectivity index (χ1n) is 9.36. The molecular weight excluding hydrogens is 415 g/mol. The molecule has 0 atom stereocenters. The lowest BCUT2D eigenvalue weighted by Crippen LogP contribution is -2.46. The van der Waals surface area contributed by atoms with Crippen LogP contribution in [0.3, 0.4) is 0 Å². The third-order valence-corrected chi connectivity index (χ3v) is 4.18. The van der Waals surface area contributed by atoms with Crippen molar-refractivity contribution in [2.75, 3.05) is 7.11 Å². The van der Waals surface area contributed by atoms with Crippen LogP contribution in [0.2, 0.25) is 0 Å². The summed E-state index contributed by atoms with van der Waals surface area (Å²) in [7, 11) is 1.00. The standard InChI is InChI=1S/C21H22F3NO4.CH4O/c1-20(2,29-17-9-6-14(7-10-17)8-11-18(26)27)19(28)25-13-15-4-3-5-16(12-15)21(22,23)24;1-2/h3-7,9-10,12H,8,11,13H2,1-2H3,(H,25,28)(H,26,27);2H,1H3. The Morgan fingerprint density at radius 2 is 1.61 bits per heavy atom. The van der Waals surface area contributed by atoms with Gasteiger partial charge in [0.1, 0.15) is 5.75 Å². The molecule has 0 saturated heterocycles. The van der Waals surface area contributed by atoms with E-state index >= 15 is 0 Å². The average Bonchev–Trinajstić information content (AvgIpc) is 2.72. The second kappa shape index (κ2) is 11.4. The number of carbonyl (C=O) groups is 2. The number of carboxylic acids is 1. The van der Waals surface area contributed by atoms with Crippen LogP contribution in [0.1, 0.15) is 37.0 Å². The van der Waals surface area contributed by atoms with E-state index in [1.54, 1.807) is 38.1 Å². The molecule has 2 aromatic rings. The van der Waals surface area contributed by atoms with Crippen LogP contribution in [0, 0.1) is 0 Å².